The van der Waals surface area contributed by atoms with Crippen LogP contribution in [0.2, 0.25) is 25.7 Å². The summed E-state index contributed by atoms with van der Waals surface area (Å²) in [5.41, 5.74) is 2.40. The van der Waals surface area contributed by atoms with Crippen LogP contribution >= 0.6 is 0 Å². The smallest absolute Gasteiger partial charge is 0.404 e. The predicted molar refractivity (Wildman–Crippen MR) is 122 cm³/mol. The second-order valence-electron chi connectivity index (χ2n) is 9.63. The van der Waals surface area contributed by atoms with Crippen molar-refractivity contribution in [3.8, 4) is 0 Å². The van der Waals surface area contributed by atoms with E-state index in [0.717, 1.165) is 22.9 Å². The molecule has 1 aliphatic rings. The van der Waals surface area contributed by atoms with Crippen molar-refractivity contribution in [3.05, 3.63) is 39.7 Å². The Hall–Kier alpha value is -2.54. The summed E-state index contributed by atoms with van der Waals surface area (Å²) >= 11 is 0. The van der Waals surface area contributed by atoms with Crippen LogP contribution in [0, 0.1) is 12.8 Å². The Morgan fingerprint density at radius 2 is 2.03 bits per heavy atom. The average Bonchev–Trinajstić information content (AvgIpc) is 3.18. The molecule has 13 heteroatoms. The Morgan fingerprint density at radius 1 is 1.38 bits per heavy atom. The fourth-order valence-electron chi connectivity index (χ4n) is 3.34. The number of aliphatic imine (C=N–C) groups is 1. The van der Waals surface area contributed by atoms with Gasteiger partial charge in [-0.3, -0.25) is 18.8 Å². The number of hydrogen-bond donors (Lipinski definition) is 1. The summed E-state index contributed by atoms with van der Waals surface area (Å²) in [7, 11) is -1.36. The first-order valence-corrected chi connectivity index (χ1v) is 14.4. The average molecular weight is 506 g/mol. The van der Waals surface area contributed by atoms with E-state index in [1.54, 1.807) is 6.92 Å². The third kappa shape index (κ3) is 5.74. The highest BCUT2D eigenvalue weighted by Crippen LogP contribution is 2.48. The first-order valence-electron chi connectivity index (χ1n) is 10.7. The van der Waals surface area contributed by atoms with E-state index in [9.17, 15) is 26.7 Å². The minimum atomic E-state index is -4.98. The maximum absolute atomic E-state index is 13.9. The molecule has 2 N–H and O–H groups in total. The lowest BCUT2D eigenvalue weighted by atomic mass is 10.1. The fraction of sp³-hybridized carbons (Fsp3) is 0.571. The molecule has 1 unspecified atom stereocenters. The van der Waals surface area contributed by atoms with E-state index in [4.69, 9.17) is 10.5 Å². The van der Waals surface area contributed by atoms with Crippen molar-refractivity contribution in [1.82, 2.24) is 14.0 Å². The molecule has 0 bridgehead atoms. The summed E-state index contributed by atoms with van der Waals surface area (Å²) in [6.45, 7) is 8.23. The van der Waals surface area contributed by atoms with Crippen molar-refractivity contribution in [2.45, 2.75) is 57.9 Å². The minimum absolute atomic E-state index is 0.0630. The maximum Gasteiger partial charge on any atom is 0.434 e. The lowest BCUT2D eigenvalue weighted by molar-refractivity contribution is -0.141. The molecule has 1 aliphatic carbocycles. The van der Waals surface area contributed by atoms with E-state index in [-0.39, 0.29) is 31.0 Å². The molecule has 188 valence electrons. The largest absolute Gasteiger partial charge is 0.434 e. The van der Waals surface area contributed by atoms with Gasteiger partial charge in [-0.1, -0.05) is 19.6 Å². The van der Waals surface area contributed by atoms with Gasteiger partial charge in [-0.05, 0) is 13.0 Å². The van der Waals surface area contributed by atoms with Gasteiger partial charge in [-0.15, -0.1) is 0 Å². The van der Waals surface area contributed by atoms with Crippen LogP contribution < -0.4 is 11.3 Å². The highest BCUT2D eigenvalue weighted by atomic mass is 28.3. The maximum atomic E-state index is 13.9. The summed E-state index contributed by atoms with van der Waals surface area (Å²) in [6.07, 6.45) is -2.23. The Bertz CT molecular complexity index is 1180. The van der Waals surface area contributed by atoms with Crippen molar-refractivity contribution in [2.75, 3.05) is 13.2 Å². The first kappa shape index (κ1) is 26.1. The number of imidazole rings is 1. The molecule has 0 saturated heterocycles. The first-order chi connectivity index (χ1) is 15.7. The molecule has 0 aromatic carbocycles. The van der Waals surface area contributed by atoms with E-state index in [1.165, 1.54) is 10.8 Å². The Labute approximate surface area is 194 Å². The summed E-state index contributed by atoms with van der Waals surface area (Å²) in [4.78, 5) is 20.7. The number of alkyl halides is 5. The van der Waals surface area contributed by atoms with Gasteiger partial charge in [0.15, 0.2) is 5.69 Å². The second-order valence-corrected chi connectivity index (χ2v) is 15.3. The van der Waals surface area contributed by atoms with E-state index in [2.05, 4.69) is 29.6 Å². The molecule has 2 aromatic heterocycles. The number of nitrogens with zero attached hydrogens (tertiary/aromatic N) is 4. The molecule has 3 rings (SSSR count). The van der Waals surface area contributed by atoms with Gasteiger partial charge in [0, 0.05) is 63.4 Å². The third-order valence-corrected chi connectivity index (χ3v) is 7.25. The Morgan fingerprint density at radius 3 is 2.56 bits per heavy atom. The molecule has 1 atom stereocenters. The highest BCUT2D eigenvalue weighted by Gasteiger charge is 2.56. The van der Waals surface area contributed by atoms with Crippen molar-refractivity contribution in [3.63, 3.8) is 0 Å². The molecule has 7 nitrogen and oxygen atoms in total. The zero-order chi connectivity index (χ0) is 25.5. The van der Waals surface area contributed by atoms with Gasteiger partial charge in [0.05, 0.1) is 5.56 Å². The van der Waals surface area contributed by atoms with Crippen LogP contribution in [-0.2, 0) is 17.6 Å². The number of nitrogens with two attached hydrogens (primary N) is 1. The minimum Gasteiger partial charge on any atom is -0.404 e. The molecule has 1 saturated carbocycles. The van der Waals surface area contributed by atoms with Gasteiger partial charge >= 0.3 is 6.18 Å². The molecule has 2 aromatic rings. The van der Waals surface area contributed by atoms with Gasteiger partial charge in [0.25, 0.3) is 11.5 Å². The molecule has 0 aliphatic heterocycles. The number of aryl methyl sites for hydroxylation is 1. The number of rotatable bonds is 9. The number of hydrogen-bond acceptors (Lipinski definition) is 5. The summed E-state index contributed by atoms with van der Waals surface area (Å²) < 4.78 is 76.0. The van der Waals surface area contributed by atoms with Crippen molar-refractivity contribution >= 4 is 25.6 Å². The molecule has 34 heavy (non-hydrogen) atoms. The normalized spacial score (nSPS) is 18.9. The van der Waals surface area contributed by atoms with Crippen LogP contribution in [0.15, 0.2) is 22.2 Å². The fourth-order valence-corrected chi connectivity index (χ4v) is 4.10. The van der Waals surface area contributed by atoms with Crippen LogP contribution in [0.1, 0.15) is 23.4 Å². The van der Waals surface area contributed by atoms with Crippen LogP contribution in [0.5, 0.6) is 0 Å². The van der Waals surface area contributed by atoms with Crippen LogP contribution in [0.4, 0.5) is 22.0 Å². The van der Waals surface area contributed by atoms with Crippen LogP contribution in [0.3, 0.4) is 0 Å². The molecule has 1 fully saturated rings. The number of allylic oxidation sites excluding steroid dienone is 1. The van der Waals surface area contributed by atoms with Gasteiger partial charge in [0.2, 0.25) is 5.78 Å². The van der Waals surface area contributed by atoms with Crippen LogP contribution in [0.25, 0.3) is 11.4 Å². The number of halogens is 5. The predicted octanol–water partition coefficient (Wildman–Crippen LogP) is 4.16. The third-order valence-electron chi connectivity index (χ3n) is 5.55. The molecule has 0 spiro atoms. The monoisotopic (exact) mass is 505 g/mol. The quantitative estimate of drug-likeness (QED) is 0.240. The number of ether oxygens (including phenoxy) is 1. The lowest BCUT2D eigenvalue weighted by Crippen LogP contribution is -2.27. The molecule has 0 radical (unpaired) electrons. The Balaban J connectivity index is 1.99. The lowest BCUT2D eigenvalue weighted by Gasteiger charge is -2.16. The molecule has 2 heterocycles. The zero-order valence-corrected chi connectivity index (χ0v) is 20.4. The number of aromatic nitrogens is 3. The molecular weight excluding hydrogens is 477 g/mol. The zero-order valence-electron chi connectivity index (χ0n) is 19.4. The number of fused-ring (bicyclic) bond motifs is 1. The van der Waals surface area contributed by atoms with Crippen molar-refractivity contribution in [1.29, 1.82) is 0 Å². The standard InChI is InChI=1S/C21H28F5N5O2Si/c1-13-11-30-18(32)16(14(8-27)9-28-10-15-7-20(15,22)23)17(21(24,25)26)29-19(30)31(13)12-33-5-6-34(2,3)4/h8-9,11,15H,5-7,10,12,27H2,1-4H3. The van der Waals surface area contributed by atoms with Crippen molar-refractivity contribution in [2.24, 2.45) is 16.6 Å². The Kier molecular flexibility index (Phi) is 7.09. The van der Waals surface area contributed by atoms with Gasteiger partial charge < -0.3 is 10.5 Å². The van der Waals surface area contributed by atoms with Crippen molar-refractivity contribution < 1.29 is 26.7 Å². The SMILES string of the molecule is Cc1cn2c(=O)c(C(C=NCC3CC3(F)F)=CN)c(C(F)(F)F)nc2n1COCC[Si](C)(C)C. The van der Waals surface area contributed by atoms with Crippen LogP contribution in [-0.4, -0.2) is 47.3 Å². The van der Waals surface area contributed by atoms with E-state index in [1.807, 2.05) is 0 Å². The topological polar surface area (TPSA) is 86.9 Å². The van der Waals surface area contributed by atoms with Gasteiger partial charge in [-0.25, -0.2) is 13.8 Å². The second kappa shape index (κ2) is 9.25. The van der Waals surface area contributed by atoms with E-state index < -0.39 is 42.9 Å². The molecule has 0 amide bonds. The molecular formula is C21H28F5N5O2Si. The summed E-state index contributed by atoms with van der Waals surface area (Å²) in [5.74, 6) is -4.01. The highest BCUT2D eigenvalue weighted by molar-refractivity contribution is 6.76. The van der Waals surface area contributed by atoms with Gasteiger partial charge in [-0.2, -0.15) is 13.2 Å². The summed E-state index contributed by atoms with van der Waals surface area (Å²) in [6, 6.07) is 0.868. The van der Waals surface area contributed by atoms with E-state index in [0.29, 0.717) is 12.3 Å². The van der Waals surface area contributed by atoms with E-state index >= 15 is 0 Å². The van der Waals surface area contributed by atoms with Gasteiger partial charge in [0.1, 0.15) is 6.73 Å². The summed E-state index contributed by atoms with van der Waals surface area (Å²) in [5, 5.41) is 0.